The first-order valence-corrected chi connectivity index (χ1v) is 5.82. The van der Waals surface area contributed by atoms with Crippen LogP contribution in [0, 0.1) is 16.0 Å². The zero-order valence-corrected chi connectivity index (χ0v) is 9.94. The Labute approximate surface area is 104 Å². The maximum atomic E-state index is 10.8. The van der Waals surface area contributed by atoms with Gasteiger partial charge in [0.2, 0.25) is 0 Å². The van der Waals surface area contributed by atoms with Crippen LogP contribution in [0.15, 0.2) is 18.2 Å². The van der Waals surface area contributed by atoms with E-state index in [-0.39, 0.29) is 11.4 Å². The Kier molecular flexibility index (Phi) is 3.81. The van der Waals surface area contributed by atoms with E-state index in [1.807, 2.05) is 0 Å². The Bertz CT molecular complexity index is 421. The second kappa shape index (κ2) is 5.33. The van der Waals surface area contributed by atoms with Gasteiger partial charge in [0.1, 0.15) is 0 Å². The van der Waals surface area contributed by atoms with Crippen molar-refractivity contribution in [2.75, 3.05) is 19.7 Å². The van der Waals surface area contributed by atoms with Crippen molar-refractivity contribution in [3.05, 3.63) is 33.3 Å². The van der Waals surface area contributed by atoms with Gasteiger partial charge in [0.15, 0.2) is 5.75 Å². The molecule has 0 unspecified atom stereocenters. The van der Waals surface area contributed by atoms with E-state index in [1.54, 1.807) is 12.1 Å². The van der Waals surface area contributed by atoms with Crippen molar-refractivity contribution in [3.63, 3.8) is 0 Å². The van der Waals surface area contributed by atoms with Crippen LogP contribution in [0.25, 0.3) is 0 Å². The highest BCUT2D eigenvalue weighted by Gasteiger charge is 2.18. The van der Waals surface area contributed by atoms with E-state index in [0.717, 1.165) is 19.5 Å². The normalized spacial score (nSPS) is 15.4. The molecule has 92 valence electrons. The van der Waals surface area contributed by atoms with Crippen LogP contribution in [0.4, 0.5) is 5.69 Å². The molecule has 1 aliphatic heterocycles. The van der Waals surface area contributed by atoms with Gasteiger partial charge >= 0.3 is 5.69 Å². The third-order valence-corrected chi connectivity index (χ3v) is 3.00. The smallest absolute Gasteiger partial charge is 0.312 e. The van der Waals surface area contributed by atoms with Crippen LogP contribution in [0.2, 0.25) is 5.02 Å². The molecule has 1 aromatic rings. The topological polar surface area (TPSA) is 64.4 Å². The molecule has 0 aliphatic carbocycles. The summed E-state index contributed by atoms with van der Waals surface area (Å²) in [5.41, 5.74) is -0.0794. The van der Waals surface area contributed by atoms with Gasteiger partial charge in [0.25, 0.3) is 0 Å². The molecule has 1 heterocycles. The van der Waals surface area contributed by atoms with Crippen LogP contribution in [-0.2, 0) is 0 Å². The first kappa shape index (κ1) is 12.1. The molecule has 1 N–H and O–H groups in total. The van der Waals surface area contributed by atoms with Gasteiger partial charge in [-0.25, -0.2) is 0 Å². The number of ether oxygens (including phenoxy) is 1. The van der Waals surface area contributed by atoms with Crippen LogP contribution in [0.5, 0.6) is 5.75 Å². The summed E-state index contributed by atoms with van der Waals surface area (Å²) in [4.78, 5) is 10.3. The molecule has 1 aliphatic rings. The van der Waals surface area contributed by atoms with E-state index >= 15 is 0 Å². The van der Waals surface area contributed by atoms with Gasteiger partial charge in [-0.1, -0.05) is 11.6 Å². The highest BCUT2D eigenvalue weighted by molar-refractivity contribution is 6.30. The lowest BCUT2D eigenvalue weighted by molar-refractivity contribution is -0.385. The van der Waals surface area contributed by atoms with E-state index in [4.69, 9.17) is 16.3 Å². The second-order valence-electron chi connectivity index (χ2n) is 4.03. The van der Waals surface area contributed by atoms with Gasteiger partial charge in [-0.05, 0) is 37.6 Å². The van der Waals surface area contributed by atoms with Crippen LogP contribution in [0.3, 0.4) is 0 Å². The quantitative estimate of drug-likeness (QED) is 0.648. The average molecular weight is 257 g/mol. The summed E-state index contributed by atoms with van der Waals surface area (Å²) >= 11 is 5.71. The molecule has 1 saturated heterocycles. The number of benzene rings is 1. The lowest BCUT2D eigenvalue weighted by Gasteiger charge is -2.26. The minimum Gasteiger partial charge on any atom is -0.487 e. The molecule has 2 rings (SSSR count). The van der Waals surface area contributed by atoms with E-state index in [1.165, 1.54) is 6.07 Å². The number of hydrogen-bond acceptors (Lipinski definition) is 4. The van der Waals surface area contributed by atoms with E-state index in [2.05, 4.69) is 5.32 Å². The van der Waals surface area contributed by atoms with Crippen LogP contribution >= 0.6 is 11.6 Å². The fraction of sp³-hybridized carbons (Fsp3) is 0.455. The van der Waals surface area contributed by atoms with Crippen molar-refractivity contribution in [1.29, 1.82) is 0 Å². The SMILES string of the molecule is O=[N+]([O-])c1cc(Cl)ccc1OCCC1CNC1. The summed E-state index contributed by atoms with van der Waals surface area (Å²) in [6, 6.07) is 4.44. The van der Waals surface area contributed by atoms with Crippen molar-refractivity contribution in [2.45, 2.75) is 6.42 Å². The number of hydrogen-bond donors (Lipinski definition) is 1. The summed E-state index contributed by atoms with van der Waals surface area (Å²) in [5, 5.41) is 14.3. The molecule has 0 saturated carbocycles. The minimum absolute atomic E-state index is 0.0794. The third-order valence-electron chi connectivity index (χ3n) is 2.77. The van der Waals surface area contributed by atoms with Crippen molar-refractivity contribution < 1.29 is 9.66 Å². The highest BCUT2D eigenvalue weighted by Crippen LogP contribution is 2.30. The predicted molar refractivity (Wildman–Crippen MR) is 64.6 cm³/mol. The van der Waals surface area contributed by atoms with Crippen molar-refractivity contribution >= 4 is 17.3 Å². The number of rotatable bonds is 5. The molecule has 5 nitrogen and oxygen atoms in total. The zero-order chi connectivity index (χ0) is 12.3. The highest BCUT2D eigenvalue weighted by atomic mass is 35.5. The summed E-state index contributed by atoms with van der Waals surface area (Å²) in [6.45, 7) is 2.51. The average Bonchev–Trinajstić information content (AvgIpc) is 2.23. The Morgan fingerprint density at radius 1 is 1.53 bits per heavy atom. The van der Waals surface area contributed by atoms with Gasteiger partial charge in [-0.15, -0.1) is 0 Å². The van der Waals surface area contributed by atoms with Crippen LogP contribution in [-0.4, -0.2) is 24.6 Å². The predicted octanol–water partition coefficient (Wildman–Crippen LogP) is 2.24. The molecule has 0 spiro atoms. The first-order chi connectivity index (χ1) is 8.16. The van der Waals surface area contributed by atoms with Gasteiger partial charge < -0.3 is 10.1 Å². The second-order valence-corrected chi connectivity index (χ2v) is 4.47. The fourth-order valence-electron chi connectivity index (χ4n) is 1.64. The maximum absolute atomic E-state index is 10.8. The van der Waals surface area contributed by atoms with Crippen molar-refractivity contribution in [3.8, 4) is 5.75 Å². The Morgan fingerprint density at radius 3 is 2.88 bits per heavy atom. The van der Waals surface area contributed by atoms with Crippen LogP contribution in [0.1, 0.15) is 6.42 Å². The molecule has 0 bridgehead atoms. The lowest BCUT2D eigenvalue weighted by Crippen LogP contribution is -2.42. The molecule has 17 heavy (non-hydrogen) atoms. The van der Waals surface area contributed by atoms with Crippen molar-refractivity contribution in [2.24, 2.45) is 5.92 Å². The van der Waals surface area contributed by atoms with Crippen LogP contribution < -0.4 is 10.1 Å². The summed E-state index contributed by atoms with van der Waals surface area (Å²) in [6.07, 6.45) is 0.910. The Balaban J connectivity index is 1.96. The summed E-state index contributed by atoms with van der Waals surface area (Å²) in [5.74, 6) is 0.910. The van der Waals surface area contributed by atoms with E-state index in [9.17, 15) is 10.1 Å². The molecule has 0 radical (unpaired) electrons. The molecule has 1 aromatic carbocycles. The lowest BCUT2D eigenvalue weighted by atomic mass is 10.0. The van der Waals surface area contributed by atoms with Gasteiger partial charge in [-0.2, -0.15) is 0 Å². The largest absolute Gasteiger partial charge is 0.487 e. The Morgan fingerprint density at radius 2 is 2.29 bits per heavy atom. The fourth-order valence-corrected chi connectivity index (χ4v) is 1.81. The number of nitro benzene ring substituents is 1. The Hall–Kier alpha value is -1.33. The van der Waals surface area contributed by atoms with Gasteiger partial charge in [-0.3, -0.25) is 10.1 Å². The monoisotopic (exact) mass is 256 g/mol. The van der Waals surface area contributed by atoms with E-state index < -0.39 is 4.92 Å². The molecule has 0 aromatic heterocycles. The minimum atomic E-state index is -0.480. The first-order valence-electron chi connectivity index (χ1n) is 5.44. The third kappa shape index (κ3) is 3.08. The molecule has 0 atom stereocenters. The molecular formula is C11H13ClN2O3. The molecule has 6 heteroatoms. The summed E-state index contributed by atoms with van der Waals surface area (Å²) in [7, 11) is 0. The van der Waals surface area contributed by atoms with E-state index in [0.29, 0.717) is 17.5 Å². The van der Waals surface area contributed by atoms with Gasteiger partial charge in [0, 0.05) is 11.1 Å². The maximum Gasteiger partial charge on any atom is 0.312 e. The summed E-state index contributed by atoms with van der Waals surface area (Å²) < 4.78 is 5.43. The van der Waals surface area contributed by atoms with Crippen molar-refractivity contribution in [1.82, 2.24) is 5.32 Å². The molecule has 1 fully saturated rings. The molecular weight excluding hydrogens is 244 g/mol. The number of nitrogens with one attached hydrogen (secondary N) is 1. The number of nitrogens with zero attached hydrogens (tertiary/aromatic N) is 1. The number of nitro groups is 1. The van der Waals surface area contributed by atoms with Gasteiger partial charge in [0.05, 0.1) is 11.5 Å². The zero-order valence-electron chi connectivity index (χ0n) is 9.19. The standard InChI is InChI=1S/C11H13ClN2O3/c12-9-1-2-11(10(5-9)14(15)16)17-4-3-8-6-13-7-8/h1-2,5,8,13H,3-4,6-7H2. The molecule has 0 amide bonds. The number of halogens is 1.